The molecule has 0 saturated carbocycles. The van der Waals surface area contributed by atoms with Gasteiger partial charge >= 0.3 is 5.97 Å². The molecule has 1 aromatic carbocycles. The highest BCUT2D eigenvalue weighted by molar-refractivity contribution is 7.17. The lowest BCUT2D eigenvalue weighted by Crippen LogP contribution is -2.07. The first-order valence-electron chi connectivity index (χ1n) is 7.38. The Kier molecular flexibility index (Phi) is 4.83. The highest BCUT2D eigenvalue weighted by atomic mass is 32.1. The van der Waals surface area contributed by atoms with Gasteiger partial charge in [0, 0.05) is 23.9 Å². The van der Waals surface area contributed by atoms with E-state index in [-0.39, 0.29) is 5.97 Å². The highest BCUT2D eigenvalue weighted by Gasteiger charge is 2.12. The minimum atomic E-state index is -0.194. The molecule has 0 aliphatic heterocycles. The molecule has 0 spiro atoms. The molecule has 0 aliphatic carbocycles. The summed E-state index contributed by atoms with van der Waals surface area (Å²) in [4.78, 5) is 20.8. The van der Waals surface area contributed by atoms with Gasteiger partial charge in [-0.2, -0.15) is 0 Å². The fourth-order valence-corrected chi connectivity index (χ4v) is 3.30. The number of hydrogen-bond donors (Lipinski definition) is 1. The van der Waals surface area contributed by atoms with E-state index >= 15 is 0 Å². The Morgan fingerprint density at radius 2 is 2.09 bits per heavy atom. The number of ether oxygens (including phenoxy) is 1. The second kappa shape index (κ2) is 7.19. The molecule has 1 N–H and O–H groups in total. The average molecular weight is 327 g/mol. The molecule has 0 unspecified atom stereocenters. The van der Waals surface area contributed by atoms with Crippen molar-refractivity contribution in [1.29, 1.82) is 0 Å². The number of rotatable bonds is 6. The number of anilines is 1. The summed E-state index contributed by atoms with van der Waals surface area (Å²) in [5.74, 6) is 0.611. The van der Waals surface area contributed by atoms with E-state index in [2.05, 4.69) is 37.5 Å². The first-order chi connectivity index (χ1) is 11.3. The quantitative estimate of drug-likeness (QED) is 0.552. The van der Waals surface area contributed by atoms with Gasteiger partial charge in [0.15, 0.2) is 0 Å². The van der Waals surface area contributed by atoms with Gasteiger partial charge in [-0.25, -0.2) is 9.97 Å². The zero-order chi connectivity index (χ0) is 16.1. The van der Waals surface area contributed by atoms with Crippen LogP contribution in [-0.4, -0.2) is 29.6 Å². The Balaban J connectivity index is 1.83. The van der Waals surface area contributed by atoms with E-state index in [0.717, 1.165) is 27.2 Å². The molecule has 0 saturated heterocycles. The molecule has 3 rings (SSSR count). The molecule has 0 fully saturated rings. The SMILES string of the molecule is COC(=O)CCCNc1ncnc2scc(-c3ccccc3)c12. The van der Waals surface area contributed by atoms with Crippen LogP contribution in [0.3, 0.4) is 0 Å². The van der Waals surface area contributed by atoms with Crippen LogP contribution in [0.4, 0.5) is 5.82 Å². The molecular formula is C17H17N3O2S. The van der Waals surface area contributed by atoms with Crippen LogP contribution in [0.1, 0.15) is 12.8 Å². The summed E-state index contributed by atoms with van der Waals surface area (Å²) in [5.41, 5.74) is 2.27. The van der Waals surface area contributed by atoms with E-state index in [1.807, 2.05) is 18.2 Å². The molecule has 2 aromatic heterocycles. The molecule has 3 aromatic rings. The van der Waals surface area contributed by atoms with Crippen molar-refractivity contribution in [2.75, 3.05) is 19.0 Å². The number of fused-ring (bicyclic) bond motifs is 1. The van der Waals surface area contributed by atoms with Crippen molar-refractivity contribution >= 4 is 33.3 Å². The van der Waals surface area contributed by atoms with E-state index < -0.39 is 0 Å². The minimum absolute atomic E-state index is 0.194. The van der Waals surface area contributed by atoms with Crippen LogP contribution in [0.2, 0.25) is 0 Å². The molecule has 118 valence electrons. The third kappa shape index (κ3) is 3.48. The second-order valence-electron chi connectivity index (χ2n) is 5.02. The van der Waals surface area contributed by atoms with Crippen LogP contribution in [0.25, 0.3) is 21.3 Å². The Labute approximate surface area is 138 Å². The monoisotopic (exact) mass is 327 g/mol. The van der Waals surface area contributed by atoms with E-state index in [1.54, 1.807) is 17.7 Å². The topological polar surface area (TPSA) is 64.1 Å². The summed E-state index contributed by atoms with van der Waals surface area (Å²) in [6.45, 7) is 0.658. The van der Waals surface area contributed by atoms with Crippen LogP contribution < -0.4 is 5.32 Å². The number of esters is 1. The molecule has 0 aliphatic rings. The third-order valence-corrected chi connectivity index (χ3v) is 4.42. The summed E-state index contributed by atoms with van der Waals surface area (Å²) in [6, 6.07) is 10.2. The van der Waals surface area contributed by atoms with E-state index in [0.29, 0.717) is 19.4 Å². The van der Waals surface area contributed by atoms with Crippen molar-refractivity contribution < 1.29 is 9.53 Å². The summed E-state index contributed by atoms with van der Waals surface area (Å²) < 4.78 is 4.65. The lowest BCUT2D eigenvalue weighted by molar-refractivity contribution is -0.140. The van der Waals surface area contributed by atoms with Crippen LogP contribution in [0.15, 0.2) is 42.0 Å². The molecule has 5 nitrogen and oxygen atoms in total. The zero-order valence-corrected chi connectivity index (χ0v) is 13.6. The number of nitrogens with one attached hydrogen (secondary N) is 1. The predicted octanol–water partition coefficient (Wildman–Crippen LogP) is 3.72. The molecule has 0 amide bonds. The fourth-order valence-electron chi connectivity index (χ4n) is 2.38. The zero-order valence-electron chi connectivity index (χ0n) is 12.8. The van der Waals surface area contributed by atoms with E-state index in [4.69, 9.17) is 0 Å². The maximum absolute atomic E-state index is 11.2. The van der Waals surface area contributed by atoms with Crippen molar-refractivity contribution in [1.82, 2.24) is 9.97 Å². The maximum Gasteiger partial charge on any atom is 0.305 e. The number of nitrogens with zero attached hydrogens (tertiary/aromatic N) is 2. The van der Waals surface area contributed by atoms with Crippen molar-refractivity contribution in [3.05, 3.63) is 42.0 Å². The molecule has 0 radical (unpaired) electrons. The first-order valence-corrected chi connectivity index (χ1v) is 8.26. The first kappa shape index (κ1) is 15.4. The molecule has 23 heavy (non-hydrogen) atoms. The normalized spacial score (nSPS) is 10.7. The van der Waals surface area contributed by atoms with Gasteiger partial charge in [-0.3, -0.25) is 4.79 Å². The highest BCUT2D eigenvalue weighted by Crippen LogP contribution is 2.36. The molecule has 0 bridgehead atoms. The Bertz CT molecular complexity index is 802. The number of methoxy groups -OCH3 is 1. The largest absolute Gasteiger partial charge is 0.469 e. The number of aromatic nitrogens is 2. The van der Waals surface area contributed by atoms with Gasteiger partial charge in [-0.05, 0) is 12.0 Å². The Morgan fingerprint density at radius 3 is 2.87 bits per heavy atom. The Morgan fingerprint density at radius 1 is 1.26 bits per heavy atom. The Hall–Kier alpha value is -2.47. The maximum atomic E-state index is 11.2. The molecular weight excluding hydrogens is 310 g/mol. The predicted molar refractivity (Wildman–Crippen MR) is 92.6 cm³/mol. The molecule has 0 atom stereocenters. The number of benzene rings is 1. The number of carbonyl (C=O) groups is 1. The fraction of sp³-hybridized carbons (Fsp3) is 0.235. The number of hydrogen-bond acceptors (Lipinski definition) is 6. The molecule has 2 heterocycles. The smallest absolute Gasteiger partial charge is 0.305 e. The van der Waals surface area contributed by atoms with E-state index in [9.17, 15) is 4.79 Å². The average Bonchev–Trinajstić information content (AvgIpc) is 3.04. The van der Waals surface area contributed by atoms with Crippen molar-refractivity contribution in [2.45, 2.75) is 12.8 Å². The van der Waals surface area contributed by atoms with Crippen molar-refractivity contribution in [3.8, 4) is 11.1 Å². The summed E-state index contributed by atoms with van der Waals surface area (Å²) in [5, 5.41) is 6.45. The van der Waals surface area contributed by atoms with Gasteiger partial charge in [0.2, 0.25) is 0 Å². The van der Waals surface area contributed by atoms with Gasteiger partial charge < -0.3 is 10.1 Å². The standard InChI is InChI=1S/C17H17N3O2S/c1-22-14(21)8-5-9-18-16-15-13(12-6-3-2-4-7-12)10-23-17(15)20-11-19-16/h2-4,6-7,10-11H,5,8-9H2,1H3,(H,18,19,20). The lowest BCUT2D eigenvalue weighted by Gasteiger charge is -2.08. The van der Waals surface area contributed by atoms with Crippen molar-refractivity contribution in [2.24, 2.45) is 0 Å². The van der Waals surface area contributed by atoms with Crippen LogP contribution in [-0.2, 0) is 9.53 Å². The number of thiophene rings is 1. The minimum Gasteiger partial charge on any atom is -0.469 e. The van der Waals surface area contributed by atoms with Crippen LogP contribution in [0.5, 0.6) is 0 Å². The van der Waals surface area contributed by atoms with Crippen LogP contribution in [0, 0.1) is 0 Å². The van der Waals surface area contributed by atoms with Gasteiger partial charge in [0.25, 0.3) is 0 Å². The summed E-state index contributed by atoms with van der Waals surface area (Å²) >= 11 is 1.61. The summed E-state index contributed by atoms with van der Waals surface area (Å²) in [6.07, 6.45) is 2.66. The van der Waals surface area contributed by atoms with Gasteiger partial charge in [0.05, 0.1) is 12.5 Å². The van der Waals surface area contributed by atoms with Gasteiger partial charge in [-0.1, -0.05) is 30.3 Å². The lowest BCUT2D eigenvalue weighted by atomic mass is 10.1. The third-order valence-electron chi connectivity index (χ3n) is 3.53. The van der Waals surface area contributed by atoms with Gasteiger partial charge in [0.1, 0.15) is 17.0 Å². The van der Waals surface area contributed by atoms with Crippen molar-refractivity contribution in [3.63, 3.8) is 0 Å². The van der Waals surface area contributed by atoms with Gasteiger partial charge in [-0.15, -0.1) is 11.3 Å². The van der Waals surface area contributed by atoms with E-state index in [1.165, 1.54) is 7.11 Å². The van der Waals surface area contributed by atoms with Crippen LogP contribution >= 0.6 is 11.3 Å². The molecule has 6 heteroatoms. The number of carbonyl (C=O) groups excluding carboxylic acids is 1. The summed E-state index contributed by atoms with van der Waals surface area (Å²) in [7, 11) is 1.40. The second-order valence-corrected chi connectivity index (χ2v) is 5.88.